The number of amides is 1. The molecular weight excluding hydrogens is 248 g/mol. The molecule has 1 aromatic heterocycles. The fourth-order valence-corrected chi connectivity index (χ4v) is 1.47. The van der Waals surface area contributed by atoms with E-state index in [1.54, 1.807) is 24.4 Å². The number of hydrogen-bond donors (Lipinski definition) is 2. The molecule has 1 heterocycles. The van der Waals surface area contributed by atoms with Crippen LogP contribution in [0.1, 0.15) is 16.1 Å². The lowest BCUT2D eigenvalue weighted by Gasteiger charge is -2.00. The number of benzene rings is 1. The maximum atomic E-state index is 11.8. The quantitative estimate of drug-likeness (QED) is 0.495. The number of aromatic amines is 1. The zero-order valence-corrected chi connectivity index (χ0v) is 9.74. The minimum atomic E-state index is -0.630. The Kier molecular flexibility index (Phi) is 3.67. The Morgan fingerprint density at radius 1 is 1.32 bits per heavy atom. The summed E-state index contributed by atoms with van der Waals surface area (Å²) in [6, 6.07) is 9.24. The first-order valence-electron chi connectivity index (χ1n) is 5.38. The minimum Gasteiger partial charge on any atom is -0.360 e. The Bertz CT molecular complexity index is 620. The SMILES string of the molecule is O=C(N/N=C\c1ccc[nH]1)c1ccccc1[N+](=O)[O-]. The van der Waals surface area contributed by atoms with Crippen LogP contribution in [0.3, 0.4) is 0 Å². The molecule has 0 spiro atoms. The maximum absolute atomic E-state index is 11.8. The van der Waals surface area contributed by atoms with Gasteiger partial charge in [-0.25, -0.2) is 5.43 Å². The van der Waals surface area contributed by atoms with E-state index in [-0.39, 0.29) is 11.3 Å². The van der Waals surface area contributed by atoms with Gasteiger partial charge >= 0.3 is 0 Å². The molecule has 0 radical (unpaired) electrons. The lowest BCUT2D eigenvalue weighted by Crippen LogP contribution is -2.18. The van der Waals surface area contributed by atoms with E-state index in [9.17, 15) is 14.9 Å². The third kappa shape index (κ3) is 3.03. The average molecular weight is 258 g/mol. The molecule has 96 valence electrons. The number of hydrogen-bond acceptors (Lipinski definition) is 4. The zero-order valence-electron chi connectivity index (χ0n) is 9.74. The van der Waals surface area contributed by atoms with Gasteiger partial charge < -0.3 is 4.98 Å². The average Bonchev–Trinajstić information content (AvgIpc) is 2.91. The van der Waals surface area contributed by atoms with E-state index >= 15 is 0 Å². The number of nitro groups is 1. The second-order valence-corrected chi connectivity index (χ2v) is 3.60. The third-order valence-corrected chi connectivity index (χ3v) is 2.34. The van der Waals surface area contributed by atoms with Crippen molar-refractivity contribution in [3.05, 3.63) is 64.0 Å². The van der Waals surface area contributed by atoms with Gasteiger partial charge in [-0.15, -0.1) is 0 Å². The van der Waals surface area contributed by atoms with E-state index in [2.05, 4.69) is 15.5 Å². The van der Waals surface area contributed by atoms with Gasteiger partial charge in [-0.2, -0.15) is 5.10 Å². The van der Waals surface area contributed by atoms with Gasteiger partial charge in [0.25, 0.3) is 11.6 Å². The Morgan fingerprint density at radius 3 is 2.79 bits per heavy atom. The van der Waals surface area contributed by atoms with Crippen LogP contribution in [0.4, 0.5) is 5.69 Å². The van der Waals surface area contributed by atoms with Crippen molar-refractivity contribution in [3.63, 3.8) is 0 Å². The molecule has 2 aromatic rings. The van der Waals surface area contributed by atoms with Gasteiger partial charge in [0.2, 0.25) is 0 Å². The molecule has 2 rings (SSSR count). The Morgan fingerprint density at radius 2 is 2.11 bits per heavy atom. The monoisotopic (exact) mass is 258 g/mol. The van der Waals surface area contributed by atoms with E-state index in [1.807, 2.05) is 0 Å². The number of nitrogens with zero attached hydrogens (tertiary/aromatic N) is 2. The fourth-order valence-electron chi connectivity index (χ4n) is 1.47. The smallest absolute Gasteiger partial charge is 0.282 e. The summed E-state index contributed by atoms with van der Waals surface area (Å²) < 4.78 is 0. The molecule has 0 saturated carbocycles. The summed E-state index contributed by atoms with van der Waals surface area (Å²) >= 11 is 0. The van der Waals surface area contributed by atoms with Crippen molar-refractivity contribution in [2.24, 2.45) is 5.10 Å². The number of carbonyl (C=O) groups excluding carboxylic acids is 1. The lowest BCUT2D eigenvalue weighted by molar-refractivity contribution is -0.385. The van der Waals surface area contributed by atoms with E-state index in [1.165, 1.54) is 24.4 Å². The van der Waals surface area contributed by atoms with Crippen LogP contribution in [0.15, 0.2) is 47.7 Å². The molecule has 0 unspecified atom stereocenters. The molecule has 0 atom stereocenters. The highest BCUT2D eigenvalue weighted by Crippen LogP contribution is 2.17. The molecule has 0 fully saturated rings. The Hall–Kier alpha value is -2.96. The lowest BCUT2D eigenvalue weighted by atomic mass is 10.2. The van der Waals surface area contributed by atoms with Crippen molar-refractivity contribution in [2.75, 3.05) is 0 Å². The summed E-state index contributed by atoms with van der Waals surface area (Å²) in [5.74, 6) is -0.630. The second-order valence-electron chi connectivity index (χ2n) is 3.60. The molecule has 1 aromatic carbocycles. The van der Waals surface area contributed by atoms with E-state index in [0.717, 1.165) is 0 Å². The summed E-state index contributed by atoms with van der Waals surface area (Å²) in [6.45, 7) is 0. The van der Waals surface area contributed by atoms with Crippen molar-refractivity contribution in [1.82, 2.24) is 10.4 Å². The molecular formula is C12H10N4O3. The van der Waals surface area contributed by atoms with Crippen LogP contribution in [0.5, 0.6) is 0 Å². The maximum Gasteiger partial charge on any atom is 0.282 e. The number of nitro benzene ring substituents is 1. The van der Waals surface area contributed by atoms with Crippen LogP contribution >= 0.6 is 0 Å². The van der Waals surface area contributed by atoms with Crippen LogP contribution in [-0.4, -0.2) is 22.0 Å². The fraction of sp³-hybridized carbons (Fsp3) is 0. The number of hydrazone groups is 1. The summed E-state index contributed by atoms with van der Waals surface area (Å²) in [4.78, 5) is 24.8. The van der Waals surface area contributed by atoms with Gasteiger partial charge in [0.15, 0.2) is 0 Å². The van der Waals surface area contributed by atoms with Gasteiger partial charge in [0.05, 0.1) is 16.8 Å². The largest absolute Gasteiger partial charge is 0.360 e. The Labute approximate surface area is 108 Å². The number of carbonyl (C=O) groups is 1. The number of H-pyrrole nitrogens is 1. The molecule has 19 heavy (non-hydrogen) atoms. The molecule has 7 heteroatoms. The van der Waals surface area contributed by atoms with Crippen LogP contribution in [0.2, 0.25) is 0 Å². The highest BCUT2D eigenvalue weighted by molar-refractivity contribution is 5.98. The van der Waals surface area contributed by atoms with Crippen molar-refractivity contribution in [3.8, 4) is 0 Å². The summed E-state index contributed by atoms with van der Waals surface area (Å²) in [6.07, 6.45) is 3.12. The standard InChI is InChI=1S/C12H10N4O3/c17-12(15-14-8-9-4-3-7-13-9)10-5-1-2-6-11(10)16(18)19/h1-8,13H,(H,15,17)/b14-8-. The minimum absolute atomic E-state index is 0.0314. The van der Waals surface area contributed by atoms with E-state index < -0.39 is 10.8 Å². The van der Waals surface area contributed by atoms with Gasteiger partial charge in [0, 0.05) is 12.3 Å². The van der Waals surface area contributed by atoms with Gasteiger partial charge in [0.1, 0.15) is 5.56 Å². The van der Waals surface area contributed by atoms with Gasteiger partial charge in [-0.05, 0) is 18.2 Å². The summed E-state index contributed by atoms with van der Waals surface area (Å²) in [5.41, 5.74) is 2.66. The van der Waals surface area contributed by atoms with Crippen molar-refractivity contribution in [2.45, 2.75) is 0 Å². The van der Waals surface area contributed by atoms with E-state index in [4.69, 9.17) is 0 Å². The first kappa shape index (κ1) is 12.5. The third-order valence-electron chi connectivity index (χ3n) is 2.34. The van der Waals surface area contributed by atoms with Crippen molar-refractivity contribution >= 4 is 17.8 Å². The molecule has 1 amide bonds. The topological polar surface area (TPSA) is 100 Å². The number of aromatic nitrogens is 1. The van der Waals surface area contributed by atoms with Crippen LogP contribution in [0, 0.1) is 10.1 Å². The normalized spacial score (nSPS) is 10.5. The summed E-state index contributed by atoms with van der Waals surface area (Å²) in [7, 11) is 0. The highest BCUT2D eigenvalue weighted by atomic mass is 16.6. The van der Waals surface area contributed by atoms with E-state index in [0.29, 0.717) is 5.69 Å². The molecule has 2 N–H and O–H groups in total. The van der Waals surface area contributed by atoms with Crippen LogP contribution in [-0.2, 0) is 0 Å². The molecule has 0 aliphatic carbocycles. The first-order chi connectivity index (χ1) is 9.18. The predicted octanol–water partition coefficient (Wildman–Crippen LogP) is 1.69. The van der Waals surface area contributed by atoms with Crippen LogP contribution in [0.25, 0.3) is 0 Å². The first-order valence-corrected chi connectivity index (χ1v) is 5.38. The number of para-hydroxylation sites is 1. The molecule has 0 saturated heterocycles. The summed E-state index contributed by atoms with van der Waals surface area (Å²) in [5, 5.41) is 14.5. The molecule has 0 bridgehead atoms. The zero-order chi connectivity index (χ0) is 13.7. The van der Waals surface area contributed by atoms with Crippen molar-refractivity contribution < 1.29 is 9.72 Å². The molecule has 7 nitrogen and oxygen atoms in total. The number of nitrogens with one attached hydrogen (secondary N) is 2. The molecule has 0 aliphatic rings. The second kappa shape index (κ2) is 5.58. The van der Waals surface area contributed by atoms with Crippen LogP contribution < -0.4 is 5.43 Å². The highest BCUT2D eigenvalue weighted by Gasteiger charge is 2.18. The van der Waals surface area contributed by atoms with Gasteiger partial charge in [-0.1, -0.05) is 12.1 Å². The van der Waals surface area contributed by atoms with Crippen molar-refractivity contribution in [1.29, 1.82) is 0 Å². The Balaban J connectivity index is 2.10. The van der Waals surface area contributed by atoms with Gasteiger partial charge in [-0.3, -0.25) is 14.9 Å². The predicted molar refractivity (Wildman–Crippen MR) is 68.9 cm³/mol. The molecule has 0 aliphatic heterocycles. The number of rotatable bonds is 4.